The number of nitrogens with zero attached hydrogens (tertiary/aromatic N) is 3. The second-order valence-corrected chi connectivity index (χ2v) is 11.1. The molecule has 0 saturated heterocycles. The van der Waals surface area contributed by atoms with Crippen molar-refractivity contribution in [2.24, 2.45) is 11.3 Å². The van der Waals surface area contributed by atoms with Crippen molar-refractivity contribution in [2.75, 3.05) is 19.6 Å². The number of carbonyl (C=O) groups excluding carboxylic acids is 1. The van der Waals surface area contributed by atoms with Crippen LogP contribution in [0.2, 0.25) is 0 Å². The van der Waals surface area contributed by atoms with E-state index in [1.807, 2.05) is 12.1 Å². The topological polar surface area (TPSA) is 101 Å². The molecule has 1 amide bonds. The van der Waals surface area contributed by atoms with E-state index in [2.05, 4.69) is 33.2 Å². The Balaban J connectivity index is 0.984. The molecule has 3 aromatic rings. The van der Waals surface area contributed by atoms with Crippen LogP contribution in [0.25, 0.3) is 0 Å². The van der Waals surface area contributed by atoms with Gasteiger partial charge in [-0.25, -0.2) is 4.98 Å². The van der Waals surface area contributed by atoms with E-state index < -0.39 is 6.10 Å². The first-order valence-electron chi connectivity index (χ1n) is 13.2. The highest BCUT2D eigenvalue weighted by Crippen LogP contribution is 2.65. The third-order valence-electron chi connectivity index (χ3n) is 8.34. The van der Waals surface area contributed by atoms with E-state index in [9.17, 15) is 9.90 Å². The van der Waals surface area contributed by atoms with Crippen molar-refractivity contribution in [1.82, 2.24) is 20.2 Å². The quantitative estimate of drug-likeness (QED) is 0.438. The van der Waals surface area contributed by atoms with E-state index in [0.717, 1.165) is 48.9 Å². The molecule has 1 aliphatic heterocycles. The fraction of sp³-hybridized carbons (Fsp3) is 0.483. The predicted molar refractivity (Wildman–Crippen MR) is 137 cm³/mol. The zero-order valence-electron chi connectivity index (χ0n) is 21.3. The lowest BCUT2D eigenvalue weighted by Gasteiger charge is -2.62. The van der Waals surface area contributed by atoms with Crippen LogP contribution < -0.4 is 10.1 Å². The number of nitrogens with one attached hydrogen (secondary N) is 1. The number of benzene rings is 1. The number of carbonyl (C=O) groups is 1. The molecule has 3 aliphatic carbocycles. The lowest BCUT2D eigenvalue weighted by molar-refractivity contribution is -0.105. The molecule has 37 heavy (non-hydrogen) atoms. The smallest absolute Gasteiger partial charge is 0.251 e. The number of rotatable bonds is 10. The highest BCUT2D eigenvalue weighted by molar-refractivity contribution is 5.94. The van der Waals surface area contributed by atoms with Crippen molar-refractivity contribution in [3.8, 4) is 5.75 Å². The van der Waals surface area contributed by atoms with Gasteiger partial charge in [-0.05, 0) is 85.3 Å². The molecule has 3 heterocycles. The Kier molecular flexibility index (Phi) is 6.46. The number of fused-ring (bicyclic) bond motifs is 1. The van der Waals surface area contributed by atoms with Gasteiger partial charge in [0.1, 0.15) is 12.4 Å². The standard InChI is InChI=1S/C29H34N4O4/c1-19-26-5-7-33(15-22(26)2-3-27(19)36-17-25-14-30-18-37-25)16-24(34)13-32-28(35)21-4-6-31-23(8-21)12-29-9-20(10-29)11-29/h2-4,6,8,14,18,20,24,34H,5,7,9-13,15-17H2,1H3,(H,32,35)/t20?,24-,29?/m0/s1. The van der Waals surface area contributed by atoms with Gasteiger partial charge < -0.3 is 19.6 Å². The molecule has 0 radical (unpaired) electrons. The van der Waals surface area contributed by atoms with E-state index in [0.29, 0.717) is 29.9 Å². The summed E-state index contributed by atoms with van der Waals surface area (Å²) in [5, 5.41) is 13.6. The molecule has 8 heteroatoms. The van der Waals surface area contributed by atoms with E-state index in [-0.39, 0.29) is 12.5 Å². The van der Waals surface area contributed by atoms with Crippen molar-refractivity contribution in [3.63, 3.8) is 0 Å². The molecular weight excluding hydrogens is 468 g/mol. The average Bonchev–Trinajstić information content (AvgIpc) is 3.37. The van der Waals surface area contributed by atoms with Gasteiger partial charge in [-0.1, -0.05) is 6.07 Å². The van der Waals surface area contributed by atoms with Gasteiger partial charge in [0.25, 0.3) is 5.91 Å². The van der Waals surface area contributed by atoms with E-state index in [1.165, 1.54) is 36.8 Å². The third kappa shape index (κ3) is 5.13. The molecule has 4 aliphatic rings. The molecule has 1 aromatic carbocycles. The second-order valence-electron chi connectivity index (χ2n) is 11.1. The Morgan fingerprint density at radius 1 is 1.32 bits per heavy atom. The minimum atomic E-state index is -0.641. The molecule has 2 N–H and O–H groups in total. The van der Waals surface area contributed by atoms with Crippen LogP contribution in [0.3, 0.4) is 0 Å². The van der Waals surface area contributed by atoms with Crippen LogP contribution in [0.1, 0.15) is 57.8 Å². The maximum absolute atomic E-state index is 12.7. The van der Waals surface area contributed by atoms with Gasteiger partial charge in [0, 0.05) is 43.6 Å². The third-order valence-corrected chi connectivity index (χ3v) is 8.34. The largest absolute Gasteiger partial charge is 0.485 e. The Morgan fingerprint density at radius 3 is 2.95 bits per heavy atom. The number of hydrogen-bond acceptors (Lipinski definition) is 7. The predicted octanol–water partition coefficient (Wildman–Crippen LogP) is 3.45. The summed E-state index contributed by atoms with van der Waals surface area (Å²) < 4.78 is 11.2. The average molecular weight is 503 g/mol. The molecule has 1 atom stereocenters. The van der Waals surface area contributed by atoms with Crippen molar-refractivity contribution in [1.29, 1.82) is 0 Å². The summed E-state index contributed by atoms with van der Waals surface area (Å²) in [5.74, 6) is 2.33. The molecular formula is C29H34N4O4. The molecule has 3 fully saturated rings. The number of aromatic nitrogens is 2. The normalized spacial score (nSPS) is 22.9. The lowest BCUT2D eigenvalue weighted by atomic mass is 9.43. The second kappa shape index (κ2) is 9.91. The van der Waals surface area contributed by atoms with Crippen molar-refractivity contribution in [3.05, 3.63) is 76.8 Å². The zero-order valence-corrected chi connectivity index (χ0v) is 21.3. The molecule has 3 saturated carbocycles. The van der Waals surface area contributed by atoms with Gasteiger partial charge in [0.05, 0.1) is 12.3 Å². The summed E-state index contributed by atoms with van der Waals surface area (Å²) in [6, 6.07) is 7.77. The summed E-state index contributed by atoms with van der Waals surface area (Å²) in [7, 11) is 0. The van der Waals surface area contributed by atoms with Gasteiger partial charge >= 0.3 is 0 Å². The lowest BCUT2D eigenvalue weighted by Crippen LogP contribution is -2.53. The minimum absolute atomic E-state index is 0.155. The van der Waals surface area contributed by atoms with Crippen LogP contribution in [0, 0.1) is 18.3 Å². The number of hydrogen-bond donors (Lipinski definition) is 2. The fourth-order valence-corrected chi connectivity index (χ4v) is 6.30. The number of aliphatic hydroxyl groups is 1. The Morgan fingerprint density at radius 2 is 2.19 bits per heavy atom. The molecule has 0 spiro atoms. The van der Waals surface area contributed by atoms with Gasteiger partial charge in [0.15, 0.2) is 12.2 Å². The van der Waals surface area contributed by atoms with Crippen LogP contribution >= 0.6 is 0 Å². The van der Waals surface area contributed by atoms with E-state index in [1.54, 1.807) is 18.5 Å². The van der Waals surface area contributed by atoms with Crippen LogP contribution in [-0.4, -0.2) is 51.6 Å². The molecule has 8 nitrogen and oxygen atoms in total. The van der Waals surface area contributed by atoms with Gasteiger partial charge in [-0.3, -0.25) is 14.7 Å². The number of β-amino-alcohol motifs (C(OH)–C–C–N with tert-alkyl or cyclic N) is 1. The number of aliphatic hydroxyl groups excluding tert-OH is 1. The highest BCUT2D eigenvalue weighted by Gasteiger charge is 2.56. The van der Waals surface area contributed by atoms with Crippen molar-refractivity contribution < 1.29 is 19.1 Å². The maximum atomic E-state index is 12.7. The van der Waals surface area contributed by atoms with Gasteiger partial charge in [-0.15, -0.1) is 0 Å². The van der Waals surface area contributed by atoms with Crippen LogP contribution in [0.15, 0.2) is 47.5 Å². The fourth-order valence-electron chi connectivity index (χ4n) is 6.30. The van der Waals surface area contributed by atoms with E-state index >= 15 is 0 Å². The molecule has 2 aromatic heterocycles. The zero-order chi connectivity index (χ0) is 25.4. The highest BCUT2D eigenvalue weighted by atomic mass is 16.5. The van der Waals surface area contributed by atoms with Crippen LogP contribution in [0.4, 0.5) is 0 Å². The van der Waals surface area contributed by atoms with Gasteiger partial charge in [-0.2, -0.15) is 0 Å². The number of pyridine rings is 1. The van der Waals surface area contributed by atoms with Crippen LogP contribution in [0.5, 0.6) is 5.75 Å². The minimum Gasteiger partial charge on any atom is -0.485 e. The molecule has 2 bridgehead atoms. The first kappa shape index (κ1) is 24.1. The first-order chi connectivity index (χ1) is 18.0. The van der Waals surface area contributed by atoms with Crippen molar-refractivity contribution >= 4 is 5.91 Å². The maximum Gasteiger partial charge on any atom is 0.251 e. The molecule has 7 rings (SSSR count). The number of ether oxygens (including phenoxy) is 1. The summed E-state index contributed by atoms with van der Waals surface area (Å²) in [4.78, 5) is 23.4. The van der Waals surface area contributed by atoms with Crippen molar-refractivity contribution in [2.45, 2.75) is 58.3 Å². The first-order valence-corrected chi connectivity index (χ1v) is 13.2. The Hall–Kier alpha value is -3.23. The Bertz CT molecular complexity index is 1260. The van der Waals surface area contributed by atoms with Gasteiger partial charge in [0.2, 0.25) is 0 Å². The Labute approximate surface area is 217 Å². The monoisotopic (exact) mass is 502 g/mol. The number of amides is 1. The number of oxazole rings is 1. The summed E-state index contributed by atoms with van der Waals surface area (Å²) in [6.07, 6.45) is 9.96. The summed E-state index contributed by atoms with van der Waals surface area (Å²) >= 11 is 0. The van der Waals surface area contributed by atoms with E-state index in [4.69, 9.17) is 9.15 Å². The summed E-state index contributed by atoms with van der Waals surface area (Å²) in [5.41, 5.74) is 5.78. The SMILES string of the molecule is Cc1c(OCc2cnco2)ccc2c1CCN(C[C@@H](O)CNC(=O)c1ccnc(CC34CC(C3)C4)c1)C2. The molecule has 0 unspecified atom stereocenters. The van der Waals surface area contributed by atoms with Crippen LogP contribution in [-0.2, 0) is 26.0 Å². The molecule has 194 valence electrons. The summed E-state index contributed by atoms with van der Waals surface area (Å²) in [6.45, 7) is 4.78.